The Balaban J connectivity index is 1.30. The van der Waals surface area contributed by atoms with Crippen LogP contribution in [0, 0.1) is 6.92 Å². The van der Waals surface area contributed by atoms with Crippen LogP contribution < -0.4 is 10.5 Å². The van der Waals surface area contributed by atoms with Crippen molar-refractivity contribution in [1.82, 2.24) is 9.88 Å². The van der Waals surface area contributed by atoms with E-state index in [9.17, 15) is 4.79 Å². The predicted molar refractivity (Wildman–Crippen MR) is 150 cm³/mol. The Bertz CT molecular complexity index is 1250. The number of hydrogen-bond donors (Lipinski definition) is 2. The van der Waals surface area contributed by atoms with E-state index >= 15 is 0 Å². The molecular formula is C29H30N4OS2. The van der Waals surface area contributed by atoms with Crippen LogP contribution in [-0.2, 0) is 0 Å². The number of amides is 2. The molecule has 36 heavy (non-hydrogen) atoms. The maximum absolute atomic E-state index is 13.4. The van der Waals surface area contributed by atoms with E-state index in [1.165, 1.54) is 34.4 Å². The van der Waals surface area contributed by atoms with Crippen molar-refractivity contribution in [3.63, 3.8) is 0 Å². The molecule has 0 radical (unpaired) electrons. The molecule has 1 saturated carbocycles. The van der Waals surface area contributed by atoms with E-state index in [2.05, 4.69) is 53.8 Å². The molecule has 0 atom stereocenters. The maximum Gasteiger partial charge on any atom is 0.323 e. The van der Waals surface area contributed by atoms with Crippen LogP contribution in [0.5, 0.6) is 0 Å². The van der Waals surface area contributed by atoms with Crippen molar-refractivity contribution in [2.45, 2.75) is 43.0 Å². The second-order valence-electron chi connectivity index (χ2n) is 9.08. The number of carbonyl (C=O) groups excluding carboxylic acids is 1. The van der Waals surface area contributed by atoms with Gasteiger partial charge >= 0.3 is 6.03 Å². The van der Waals surface area contributed by atoms with Gasteiger partial charge in [-0.1, -0.05) is 72.8 Å². The van der Waals surface area contributed by atoms with Crippen LogP contribution in [-0.4, -0.2) is 28.5 Å². The Kier molecular flexibility index (Phi) is 7.70. The number of nitrogens with zero attached hydrogens (tertiary/aromatic N) is 2. The molecule has 0 bridgehead atoms. The number of nitrogens with one attached hydrogen (secondary N) is 1. The monoisotopic (exact) mass is 514 g/mol. The summed E-state index contributed by atoms with van der Waals surface area (Å²) in [4.78, 5) is 22.2. The number of anilines is 1. The Hall–Kier alpha value is -3.13. The van der Waals surface area contributed by atoms with Gasteiger partial charge in [-0.25, -0.2) is 9.78 Å². The van der Waals surface area contributed by atoms with Crippen LogP contribution >= 0.6 is 23.3 Å². The number of hydrogen-bond acceptors (Lipinski definition) is 5. The highest BCUT2D eigenvalue weighted by atomic mass is 32.2. The highest BCUT2D eigenvalue weighted by Crippen LogP contribution is 2.34. The van der Waals surface area contributed by atoms with Gasteiger partial charge in [-0.05, 0) is 61.4 Å². The summed E-state index contributed by atoms with van der Waals surface area (Å²) in [6.07, 6.45) is 2.98. The second kappa shape index (κ2) is 11.3. The van der Waals surface area contributed by atoms with Crippen LogP contribution in [0.15, 0.2) is 89.8 Å². The van der Waals surface area contributed by atoms with Gasteiger partial charge in [0.15, 0.2) is 5.13 Å². The van der Waals surface area contributed by atoms with E-state index in [-0.39, 0.29) is 11.9 Å². The average Bonchev–Trinajstić information content (AvgIpc) is 3.69. The smallest absolute Gasteiger partial charge is 0.321 e. The number of urea groups is 1. The zero-order valence-electron chi connectivity index (χ0n) is 20.3. The number of thiazole rings is 1. The molecule has 5 nitrogen and oxygen atoms in total. The van der Waals surface area contributed by atoms with Gasteiger partial charge in [0.1, 0.15) is 0 Å². The highest BCUT2D eigenvalue weighted by molar-refractivity contribution is 7.97. The molecule has 0 aliphatic heterocycles. The fourth-order valence-electron chi connectivity index (χ4n) is 4.57. The van der Waals surface area contributed by atoms with Gasteiger partial charge in [0.2, 0.25) is 0 Å². The standard InChI is InChI=1S/C29H30N4OS2/c1-20-27(23-12-16-25(36-30)17-13-23)31-28(35-20)32-29(34)33(24-14-15-24)19-18-26(21-8-4-2-5-9-21)22-10-6-3-7-11-22/h2-13,16-17,24,26H,14-15,18-19,30H2,1H3,(H,31,32,34). The predicted octanol–water partition coefficient (Wildman–Crippen LogP) is 7.30. The van der Waals surface area contributed by atoms with Crippen LogP contribution in [0.2, 0.25) is 0 Å². The van der Waals surface area contributed by atoms with Crippen molar-refractivity contribution >= 4 is 34.4 Å². The number of aryl methyl sites for hydroxylation is 1. The van der Waals surface area contributed by atoms with Crippen molar-refractivity contribution < 1.29 is 4.79 Å². The summed E-state index contributed by atoms with van der Waals surface area (Å²) in [7, 11) is 0. The fourth-order valence-corrected chi connectivity index (χ4v) is 5.69. The minimum Gasteiger partial charge on any atom is -0.321 e. The van der Waals surface area contributed by atoms with Crippen molar-refractivity contribution in [1.29, 1.82) is 0 Å². The molecule has 3 aromatic carbocycles. The van der Waals surface area contributed by atoms with Crippen molar-refractivity contribution in [2.24, 2.45) is 5.14 Å². The lowest BCUT2D eigenvalue weighted by Crippen LogP contribution is -2.38. The molecule has 2 amide bonds. The molecule has 3 N–H and O–H groups in total. The maximum atomic E-state index is 13.4. The molecule has 1 aromatic heterocycles. The summed E-state index contributed by atoms with van der Waals surface area (Å²) in [5.41, 5.74) is 4.47. The molecule has 0 spiro atoms. The van der Waals surface area contributed by atoms with Crippen molar-refractivity contribution in [3.05, 3.63) is 101 Å². The van der Waals surface area contributed by atoms with E-state index in [0.717, 1.165) is 40.3 Å². The molecule has 1 aliphatic carbocycles. The summed E-state index contributed by atoms with van der Waals surface area (Å²) >= 11 is 2.74. The molecule has 184 valence electrons. The fraction of sp³-hybridized carbons (Fsp3) is 0.241. The second-order valence-corrected chi connectivity index (χ2v) is 11.0. The number of benzene rings is 3. The molecule has 4 aromatic rings. The van der Waals surface area contributed by atoms with Gasteiger partial charge in [-0.15, -0.1) is 11.3 Å². The minimum atomic E-state index is -0.0625. The molecule has 1 aliphatic rings. The van der Waals surface area contributed by atoms with Crippen molar-refractivity contribution in [2.75, 3.05) is 11.9 Å². The van der Waals surface area contributed by atoms with Crippen LogP contribution in [0.25, 0.3) is 11.3 Å². The number of nitrogens with two attached hydrogens (primary N) is 1. The summed E-state index contributed by atoms with van der Waals surface area (Å²) in [5, 5.41) is 9.37. The average molecular weight is 515 g/mol. The third kappa shape index (κ3) is 5.81. The molecule has 5 rings (SSSR count). The largest absolute Gasteiger partial charge is 0.323 e. The summed E-state index contributed by atoms with van der Waals surface area (Å²) in [5.74, 6) is 0.241. The Labute approximate surface area is 220 Å². The first-order chi connectivity index (χ1) is 17.6. The lowest BCUT2D eigenvalue weighted by Gasteiger charge is -2.26. The zero-order chi connectivity index (χ0) is 24.9. The minimum absolute atomic E-state index is 0.0625. The third-order valence-electron chi connectivity index (χ3n) is 6.59. The number of carbonyl (C=O) groups is 1. The lowest BCUT2D eigenvalue weighted by molar-refractivity contribution is 0.207. The van der Waals surface area contributed by atoms with Crippen LogP contribution in [0.4, 0.5) is 9.93 Å². The van der Waals surface area contributed by atoms with E-state index in [1.807, 2.05) is 48.2 Å². The lowest BCUT2D eigenvalue weighted by atomic mass is 9.88. The summed E-state index contributed by atoms with van der Waals surface area (Å²) in [6.45, 7) is 2.73. The number of rotatable bonds is 9. The van der Waals surface area contributed by atoms with Gasteiger partial charge < -0.3 is 4.90 Å². The summed E-state index contributed by atoms with van der Waals surface area (Å²) in [6, 6.07) is 29.4. The van der Waals surface area contributed by atoms with Gasteiger partial charge in [0, 0.05) is 33.8 Å². The molecular weight excluding hydrogens is 484 g/mol. The first-order valence-electron chi connectivity index (χ1n) is 12.2. The molecule has 1 fully saturated rings. The first kappa shape index (κ1) is 24.6. The Morgan fingerprint density at radius 3 is 2.19 bits per heavy atom. The van der Waals surface area contributed by atoms with E-state index in [4.69, 9.17) is 10.1 Å². The molecule has 1 heterocycles. The molecule has 0 unspecified atom stereocenters. The van der Waals surface area contributed by atoms with Gasteiger partial charge in [-0.3, -0.25) is 10.5 Å². The third-order valence-corrected chi connectivity index (χ3v) is 8.02. The Morgan fingerprint density at radius 2 is 1.64 bits per heavy atom. The normalized spacial score (nSPS) is 13.1. The quantitative estimate of drug-likeness (QED) is 0.230. The van der Waals surface area contributed by atoms with E-state index < -0.39 is 0 Å². The molecule has 0 saturated heterocycles. The summed E-state index contributed by atoms with van der Waals surface area (Å²) < 4.78 is 0. The first-order valence-corrected chi connectivity index (χ1v) is 13.9. The Morgan fingerprint density at radius 1 is 1.03 bits per heavy atom. The topological polar surface area (TPSA) is 71.2 Å². The number of aromatic nitrogens is 1. The van der Waals surface area contributed by atoms with E-state index in [1.54, 1.807) is 0 Å². The molecule has 7 heteroatoms. The van der Waals surface area contributed by atoms with E-state index in [0.29, 0.717) is 17.7 Å². The van der Waals surface area contributed by atoms with Gasteiger partial charge in [0.05, 0.1) is 5.69 Å². The van der Waals surface area contributed by atoms with Crippen LogP contribution in [0.1, 0.15) is 41.2 Å². The van der Waals surface area contributed by atoms with Gasteiger partial charge in [-0.2, -0.15) is 0 Å². The van der Waals surface area contributed by atoms with Crippen molar-refractivity contribution in [3.8, 4) is 11.3 Å². The SMILES string of the molecule is Cc1sc(NC(=O)N(CCC(c2ccccc2)c2ccccc2)C2CC2)nc1-c1ccc(SN)cc1. The zero-order valence-corrected chi connectivity index (χ0v) is 21.9. The highest BCUT2D eigenvalue weighted by Gasteiger charge is 2.33. The van der Waals surface area contributed by atoms with Gasteiger partial charge in [0.25, 0.3) is 0 Å². The van der Waals surface area contributed by atoms with Crippen LogP contribution in [0.3, 0.4) is 0 Å².